The van der Waals surface area contributed by atoms with Gasteiger partial charge < -0.3 is 10.1 Å². The van der Waals surface area contributed by atoms with Crippen LogP contribution in [0.25, 0.3) is 0 Å². The van der Waals surface area contributed by atoms with Gasteiger partial charge >= 0.3 is 5.97 Å². The standard InChI is InChI=1S/C15H11Cl3N2O3/c1-8(23-15(22)9-4-3-7-19-13(9)18)14(21)20-11-6-2-5-10(16)12(11)17/h2-8H,1H3,(H,20,21)/t8-/m1/s1. The van der Waals surface area contributed by atoms with Crippen LogP contribution in [0, 0.1) is 0 Å². The zero-order valence-corrected chi connectivity index (χ0v) is 14.1. The molecule has 2 rings (SSSR count). The molecule has 0 saturated heterocycles. The highest BCUT2D eigenvalue weighted by Crippen LogP contribution is 2.29. The number of pyridine rings is 1. The van der Waals surface area contributed by atoms with Crippen molar-refractivity contribution in [3.8, 4) is 0 Å². The number of amides is 1. The minimum absolute atomic E-state index is 0.00277. The number of hydrogen-bond donors (Lipinski definition) is 1. The Balaban J connectivity index is 2.04. The number of halogens is 3. The first-order chi connectivity index (χ1) is 10.9. The number of carbonyl (C=O) groups excluding carboxylic acids is 2. The van der Waals surface area contributed by atoms with Crippen LogP contribution in [-0.2, 0) is 9.53 Å². The summed E-state index contributed by atoms with van der Waals surface area (Å²) in [7, 11) is 0. The molecule has 0 aliphatic heterocycles. The van der Waals surface area contributed by atoms with E-state index in [2.05, 4.69) is 10.3 Å². The molecule has 0 aliphatic carbocycles. The summed E-state index contributed by atoms with van der Waals surface area (Å²) in [4.78, 5) is 27.8. The molecule has 1 aromatic heterocycles. The third kappa shape index (κ3) is 4.34. The number of benzene rings is 1. The summed E-state index contributed by atoms with van der Waals surface area (Å²) >= 11 is 17.7. The molecular formula is C15H11Cl3N2O3. The van der Waals surface area contributed by atoms with Crippen molar-refractivity contribution in [3.63, 3.8) is 0 Å². The Morgan fingerprint density at radius 1 is 1.17 bits per heavy atom. The third-order valence-electron chi connectivity index (χ3n) is 2.84. The van der Waals surface area contributed by atoms with E-state index in [9.17, 15) is 9.59 Å². The van der Waals surface area contributed by atoms with Gasteiger partial charge in [0.25, 0.3) is 5.91 Å². The van der Waals surface area contributed by atoms with Crippen molar-refractivity contribution in [2.45, 2.75) is 13.0 Å². The monoisotopic (exact) mass is 372 g/mol. The molecule has 8 heteroatoms. The summed E-state index contributed by atoms with van der Waals surface area (Å²) in [5, 5.41) is 3.05. The van der Waals surface area contributed by atoms with E-state index in [1.54, 1.807) is 24.3 Å². The molecule has 0 spiro atoms. The van der Waals surface area contributed by atoms with E-state index in [1.165, 1.54) is 19.2 Å². The highest BCUT2D eigenvalue weighted by Gasteiger charge is 2.21. The highest BCUT2D eigenvalue weighted by atomic mass is 35.5. The lowest BCUT2D eigenvalue weighted by molar-refractivity contribution is -0.123. The second-order valence-electron chi connectivity index (χ2n) is 4.48. The maximum atomic E-state index is 12.1. The lowest BCUT2D eigenvalue weighted by Gasteiger charge is -2.14. The van der Waals surface area contributed by atoms with Crippen molar-refractivity contribution in [2.75, 3.05) is 5.32 Å². The second kappa shape index (κ2) is 7.64. The van der Waals surface area contributed by atoms with Crippen molar-refractivity contribution < 1.29 is 14.3 Å². The number of anilines is 1. The molecule has 0 fully saturated rings. The van der Waals surface area contributed by atoms with Crippen LogP contribution in [0.2, 0.25) is 15.2 Å². The van der Waals surface area contributed by atoms with Crippen LogP contribution < -0.4 is 5.32 Å². The lowest BCUT2D eigenvalue weighted by atomic mass is 10.2. The summed E-state index contributed by atoms with van der Waals surface area (Å²) in [6, 6.07) is 7.80. The van der Waals surface area contributed by atoms with Crippen LogP contribution in [0.15, 0.2) is 36.5 Å². The fraction of sp³-hybridized carbons (Fsp3) is 0.133. The number of carbonyl (C=O) groups is 2. The predicted octanol–water partition coefficient (Wildman–Crippen LogP) is 4.23. The molecule has 2 aromatic rings. The average molecular weight is 374 g/mol. The quantitative estimate of drug-likeness (QED) is 0.643. The van der Waals surface area contributed by atoms with Crippen LogP contribution in [-0.4, -0.2) is 23.0 Å². The van der Waals surface area contributed by atoms with Gasteiger partial charge in [-0.05, 0) is 31.2 Å². The Kier molecular flexibility index (Phi) is 5.82. The molecule has 1 N–H and O–H groups in total. The number of aromatic nitrogens is 1. The number of ether oxygens (including phenoxy) is 1. The fourth-order valence-corrected chi connectivity index (χ4v) is 2.19. The molecule has 1 heterocycles. The highest BCUT2D eigenvalue weighted by molar-refractivity contribution is 6.44. The van der Waals surface area contributed by atoms with Crippen molar-refractivity contribution in [1.82, 2.24) is 4.98 Å². The zero-order chi connectivity index (χ0) is 17.0. The van der Waals surface area contributed by atoms with Gasteiger partial charge in [0, 0.05) is 6.20 Å². The maximum absolute atomic E-state index is 12.1. The maximum Gasteiger partial charge on any atom is 0.342 e. The molecule has 0 saturated carbocycles. The van der Waals surface area contributed by atoms with Gasteiger partial charge in [0.1, 0.15) is 5.15 Å². The van der Waals surface area contributed by atoms with Crippen LogP contribution in [0.4, 0.5) is 5.69 Å². The number of nitrogens with one attached hydrogen (secondary N) is 1. The molecule has 0 unspecified atom stereocenters. The zero-order valence-electron chi connectivity index (χ0n) is 11.8. The summed E-state index contributed by atoms with van der Waals surface area (Å²) in [5.74, 6) is -1.30. The molecule has 0 radical (unpaired) electrons. The molecule has 1 amide bonds. The van der Waals surface area contributed by atoms with E-state index in [1.807, 2.05) is 0 Å². The summed E-state index contributed by atoms with van der Waals surface area (Å²) in [5.41, 5.74) is 0.404. The summed E-state index contributed by atoms with van der Waals surface area (Å²) in [6.07, 6.45) is 0.380. The van der Waals surface area contributed by atoms with E-state index in [0.29, 0.717) is 10.7 Å². The molecule has 5 nitrogen and oxygen atoms in total. The van der Waals surface area contributed by atoms with E-state index in [-0.39, 0.29) is 15.7 Å². The lowest BCUT2D eigenvalue weighted by Crippen LogP contribution is -2.30. The van der Waals surface area contributed by atoms with Crippen molar-refractivity contribution in [3.05, 3.63) is 57.3 Å². The Hall–Kier alpha value is -1.82. The molecule has 1 atom stereocenters. The van der Waals surface area contributed by atoms with Crippen molar-refractivity contribution >= 4 is 52.4 Å². The van der Waals surface area contributed by atoms with Crippen molar-refractivity contribution in [2.24, 2.45) is 0 Å². The summed E-state index contributed by atoms with van der Waals surface area (Å²) in [6.45, 7) is 1.43. The minimum Gasteiger partial charge on any atom is -0.449 e. The van der Waals surface area contributed by atoms with Gasteiger partial charge in [0.05, 0.1) is 21.3 Å². The number of esters is 1. The third-order valence-corrected chi connectivity index (χ3v) is 3.96. The SMILES string of the molecule is C[C@@H](OC(=O)c1cccnc1Cl)C(=O)Nc1cccc(Cl)c1Cl. The van der Waals surface area contributed by atoms with E-state index < -0.39 is 18.0 Å². The number of rotatable bonds is 4. The van der Waals surface area contributed by atoms with E-state index in [0.717, 1.165) is 0 Å². The van der Waals surface area contributed by atoms with Gasteiger partial charge in [-0.1, -0.05) is 40.9 Å². The predicted molar refractivity (Wildman–Crippen MR) is 89.2 cm³/mol. The number of nitrogens with zero attached hydrogens (tertiary/aromatic N) is 1. The Labute approximate surface area is 147 Å². The second-order valence-corrected chi connectivity index (χ2v) is 5.62. The topological polar surface area (TPSA) is 68.3 Å². The molecule has 0 aliphatic rings. The molecule has 23 heavy (non-hydrogen) atoms. The molecule has 0 bridgehead atoms. The first kappa shape index (κ1) is 17.5. The molecular weight excluding hydrogens is 363 g/mol. The Bertz CT molecular complexity index is 752. The number of hydrogen-bond acceptors (Lipinski definition) is 4. The molecule has 1 aromatic carbocycles. The van der Waals surface area contributed by atoms with Gasteiger partial charge in [-0.25, -0.2) is 9.78 Å². The fourth-order valence-electron chi connectivity index (χ4n) is 1.65. The van der Waals surface area contributed by atoms with E-state index in [4.69, 9.17) is 39.5 Å². The first-order valence-corrected chi connectivity index (χ1v) is 7.60. The van der Waals surface area contributed by atoms with Crippen LogP contribution in [0.3, 0.4) is 0 Å². The first-order valence-electron chi connectivity index (χ1n) is 6.46. The Morgan fingerprint density at radius 3 is 2.61 bits per heavy atom. The minimum atomic E-state index is -1.06. The van der Waals surface area contributed by atoms with Gasteiger partial charge in [-0.15, -0.1) is 0 Å². The van der Waals surface area contributed by atoms with Gasteiger partial charge in [0.15, 0.2) is 6.10 Å². The smallest absolute Gasteiger partial charge is 0.342 e. The van der Waals surface area contributed by atoms with Gasteiger partial charge in [-0.3, -0.25) is 4.79 Å². The van der Waals surface area contributed by atoms with Gasteiger partial charge in [-0.2, -0.15) is 0 Å². The largest absolute Gasteiger partial charge is 0.449 e. The Morgan fingerprint density at radius 2 is 1.91 bits per heavy atom. The van der Waals surface area contributed by atoms with Crippen molar-refractivity contribution in [1.29, 1.82) is 0 Å². The van der Waals surface area contributed by atoms with E-state index >= 15 is 0 Å². The van der Waals surface area contributed by atoms with Crippen LogP contribution in [0.5, 0.6) is 0 Å². The van der Waals surface area contributed by atoms with Crippen LogP contribution in [0.1, 0.15) is 17.3 Å². The molecule has 120 valence electrons. The van der Waals surface area contributed by atoms with Gasteiger partial charge in [0.2, 0.25) is 0 Å². The average Bonchev–Trinajstić information content (AvgIpc) is 2.52. The normalized spacial score (nSPS) is 11.7. The van der Waals surface area contributed by atoms with Crippen LogP contribution >= 0.6 is 34.8 Å². The summed E-state index contributed by atoms with van der Waals surface area (Å²) < 4.78 is 5.07.